The van der Waals surface area contributed by atoms with E-state index >= 15 is 0 Å². The molecule has 0 amide bonds. The first kappa shape index (κ1) is 32.8. The maximum absolute atomic E-state index is 11.6. The normalized spacial score (nSPS) is 11.5. The average Bonchev–Trinajstić information content (AvgIpc) is 2.82. The van der Waals surface area contributed by atoms with Crippen molar-refractivity contribution in [3.8, 4) is 0 Å². The first-order valence-corrected chi connectivity index (χ1v) is 13.0. The van der Waals surface area contributed by atoms with Gasteiger partial charge in [-0.1, -0.05) is 18.2 Å². The molecule has 17 heteroatoms. The number of fused-ring (bicyclic) bond motifs is 1. The monoisotopic (exact) mass is 587 g/mol. The Bertz CT molecular complexity index is 1800. The molecule has 0 spiro atoms. The van der Waals surface area contributed by atoms with Gasteiger partial charge in [-0.15, -0.1) is 5.11 Å². The summed E-state index contributed by atoms with van der Waals surface area (Å²) in [4.78, 5) is 8.76. The quantitative estimate of drug-likeness (QED) is 0.0623. The second kappa shape index (κ2) is 12.8. The molecule has 0 aromatic heterocycles. The van der Waals surface area contributed by atoms with Gasteiger partial charge in [0.1, 0.15) is 20.2 Å². The van der Waals surface area contributed by atoms with Crippen molar-refractivity contribution in [1.29, 1.82) is 0 Å². The zero-order chi connectivity index (χ0) is 27.0. The van der Waals surface area contributed by atoms with Crippen molar-refractivity contribution in [2.75, 3.05) is 11.1 Å². The molecule has 0 bridgehead atoms. The molecule has 3 N–H and O–H groups in total. The third kappa shape index (κ3) is 7.61. The molecule has 13 nitrogen and oxygen atoms in total. The standard InChI is InChI=1S/C22H17N5O8S2.2Na/c23-22-19(36(30,31)32)11-4-13-2-1-3-18(21(13)22)26-25-15-7-5-14(6-8-15)24-17-10-9-16(27(28)29)12-20(17)37(33,34)35;;/h1-12,24H,23H2,(H,30,31,32)(H,33,34,35);;/q;2*+1/p-2. The van der Waals surface area contributed by atoms with E-state index in [9.17, 15) is 36.1 Å². The van der Waals surface area contributed by atoms with Crippen molar-refractivity contribution in [1.82, 2.24) is 0 Å². The molecule has 39 heavy (non-hydrogen) atoms. The first-order valence-electron chi connectivity index (χ1n) is 10.1. The Hall–Kier alpha value is -2.44. The number of nitrogens with two attached hydrogens (primary N) is 1. The summed E-state index contributed by atoms with van der Waals surface area (Å²) in [7, 11) is -9.81. The minimum atomic E-state index is -5.01. The number of anilines is 3. The maximum atomic E-state index is 11.6. The van der Waals surface area contributed by atoms with Crippen LogP contribution in [0, 0.1) is 10.1 Å². The number of nitrogen functional groups attached to an aromatic ring is 1. The molecule has 0 aliphatic heterocycles. The summed E-state index contributed by atoms with van der Waals surface area (Å²) in [5, 5.41) is 22.6. The number of non-ortho nitro benzene ring substituents is 1. The van der Waals surface area contributed by atoms with Crippen LogP contribution >= 0.6 is 0 Å². The summed E-state index contributed by atoms with van der Waals surface area (Å²) in [6, 6.07) is 16.3. The SMILES string of the molecule is Nc1c(S(=O)(=O)[O-])ccc2cccc(N=Nc3ccc(Nc4ccc([N+](=O)[O-])cc4S(=O)(=O)[O-])cc3)c12.[Na+].[Na+]. The summed E-state index contributed by atoms with van der Waals surface area (Å²) in [6.07, 6.45) is 0. The number of benzene rings is 4. The number of hydrogen-bond acceptors (Lipinski definition) is 12. The van der Waals surface area contributed by atoms with Gasteiger partial charge in [0.2, 0.25) is 0 Å². The number of nitro benzene ring substituents is 1. The Kier molecular flexibility index (Phi) is 10.8. The van der Waals surface area contributed by atoms with E-state index in [0.29, 0.717) is 22.8 Å². The fraction of sp³-hybridized carbons (Fsp3) is 0. The second-order valence-corrected chi connectivity index (χ2v) is 10.3. The summed E-state index contributed by atoms with van der Waals surface area (Å²) < 4.78 is 69.2. The van der Waals surface area contributed by atoms with E-state index in [0.717, 1.165) is 18.2 Å². The summed E-state index contributed by atoms with van der Waals surface area (Å²) in [5.41, 5.74) is 5.91. The number of nitrogens with zero attached hydrogens (tertiary/aromatic N) is 3. The van der Waals surface area contributed by atoms with Gasteiger partial charge in [0.05, 0.1) is 37.5 Å². The third-order valence-electron chi connectivity index (χ3n) is 5.16. The van der Waals surface area contributed by atoms with Gasteiger partial charge in [0, 0.05) is 23.2 Å². The van der Waals surface area contributed by atoms with Crippen LogP contribution in [0.1, 0.15) is 0 Å². The van der Waals surface area contributed by atoms with Crippen molar-refractivity contribution in [3.63, 3.8) is 0 Å². The van der Waals surface area contributed by atoms with Crippen LogP contribution in [0.2, 0.25) is 0 Å². The van der Waals surface area contributed by atoms with Gasteiger partial charge < -0.3 is 20.2 Å². The van der Waals surface area contributed by atoms with Crippen molar-refractivity contribution < 1.29 is 90.0 Å². The van der Waals surface area contributed by atoms with Crippen molar-refractivity contribution in [3.05, 3.63) is 82.9 Å². The Morgan fingerprint density at radius 1 is 0.795 bits per heavy atom. The molecular weight excluding hydrogens is 572 g/mol. The molecule has 0 aliphatic carbocycles. The van der Waals surface area contributed by atoms with E-state index < -0.39 is 40.6 Å². The Morgan fingerprint density at radius 3 is 2.03 bits per heavy atom. The smallest absolute Gasteiger partial charge is 0.744 e. The Labute approximate surface area is 266 Å². The second-order valence-electron chi connectivity index (χ2n) is 7.57. The first-order chi connectivity index (χ1) is 17.3. The van der Waals surface area contributed by atoms with E-state index in [4.69, 9.17) is 5.73 Å². The molecule has 0 heterocycles. The van der Waals surface area contributed by atoms with Gasteiger partial charge in [-0.3, -0.25) is 10.1 Å². The fourth-order valence-corrected chi connectivity index (χ4v) is 4.74. The van der Waals surface area contributed by atoms with Crippen LogP contribution < -0.4 is 70.2 Å². The van der Waals surface area contributed by atoms with Gasteiger partial charge in [-0.05, 0) is 47.9 Å². The molecular formula is C22H15N5Na2O8S2. The van der Waals surface area contributed by atoms with E-state index in [1.54, 1.807) is 18.2 Å². The Morgan fingerprint density at radius 2 is 1.44 bits per heavy atom. The topological polar surface area (TPSA) is 220 Å². The molecule has 0 radical (unpaired) electrons. The zero-order valence-electron chi connectivity index (χ0n) is 20.4. The van der Waals surface area contributed by atoms with Gasteiger partial charge in [-0.25, -0.2) is 16.8 Å². The van der Waals surface area contributed by atoms with E-state index in [2.05, 4.69) is 15.5 Å². The van der Waals surface area contributed by atoms with E-state index in [1.807, 2.05) is 0 Å². The number of rotatable bonds is 7. The number of azo groups is 1. The van der Waals surface area contributed by atoms with Crippen molar-refractivity contribution in [2.45, 2.75) is 9.79 Å². The predicted octanol–water partition coefficient (Wildman–Crippen LogP) is -1.69. The fourth-order valence-electron chi connectivity index (χ4n) is 3.48. The van der Waals surface area contributed by atoms with Crippen LogP contribution in [0.4, 0.5) is 34.1 Å². The van der Waals surface area contributed by atoms with Crippen molar-refractivity contribution >= 4 is 65.1 Å². The van der Waals surface area contributed by atoms with Crippen LogP contribution in [0.25, 0.3) is 10.8 Å². The van der Waals surface area contributed by atoms with Crippen molar-refractivity contribution in [2.24, 2.45) is 10.2 Å². The summed E-state index contributed by atoms with van der Waals surface area (Å²) >= 11 is 0. The van der Waals surface area contributed by atoms with Crippen LogP contribution in [-0.4, -0.2) is 30.9 Å². The molecule has 4 aromatic rings. The molecule has 0 unspecified atom stereocenters. The molecule has 0 aliphatic rings. The van der Waals surface area contributed by atoms with E-state index in [-0.39, 0.29) is 81.6 Å². The van der Waals surface area contributed by atoms with Crippen LogP contribution in [-0.2, 0) is 20.2 Å². The zero-order valence-corrected chi connectivity index (χ0v) is 26.1. The predicted molar refractivity (Wildman–Crippen MR) is 131 cm³/mol. The molecule has 0 atom stereocenters. The minimum Gasteiger partial charge on any atom is -0.744 e. The van der Waals surface area contributed by atoms with Gasteiger partial charge >= 0.3 is 59.1 Å². The molecule has 0 saturated heterocycles. The maximum Gasteiger partial charge on any atom is 1.00 e. The van der Waals surface area contributed by atoms with Gasteiger partial charge in [-0.2, -0.15) is 5.11 Å². The van der Waals surface area contributed by atoms with Gasteiger partial charge in [0.25, 0.3) is 5.69 Å². The average molecular weight is 588 g/mol. The molecule has 0 saturated carbocycles. The minimum absolute atomic E-state index is 0. The number of nitrogens with one attached hydrogen (secondary N) is 1. The summed E-state index contributed by atoms with van der Waals surface area (Å²) in [6.45, 7) is 0. The number of nitro groups is 1. The molecule has 190 valence electrons. The molecule has 4 aromatic carbocycles. The third-order valence-corrected chi connectivity index (χ3v) is 6.93. The molecule has 0 fully saturated rings. The van der Waals surface area contributed by atoms with Crippen LogP contribution in [0.3, 0.4) is 0 Å². The van der Waals surface area contributed by atoms with Gasteiger partial charge in [0.15, 0.2) is 0 Å². The molecule has 4 rings (SSSR count). The largest absolute Gasteiger partial charge is 1.00 e. The summed E-state index contributed by atoms with van der Waals surface area (Å²) in [5.74, 6) is 0. The number of hydrogen-bond donors (Lipinski definition) is 2. The van der Waals surface area contributed by atoms with Crippen LogP contribution in [0.15, 0.2) is 92.8 Å². The Balaban J connectivity index is 0.00000267. The van der Waals surface area contributed by atoms with Crippen LogP contribution in [0.5, 0.6) is 0 Å². The van der Waals surface area contributed by atoms with E-state index in [1.165, 1.54) is 30.3 Å².